The Morgan fingerprint density at radius 3 is 2.64 bits per heavy atom. The number of likely N-dealkylation sites (tertiary alicyclic amines) is 1. The van der Waals surface area contributed by atoms with Gasteiger partial charge in [0.05, 0.1) is 33.2 Å². The molecule has 0 aliphatic carbocycles. The molecule has 1 atom stereocenters. The van der Waals surface area contributed by atoms with Crippen LogP contribution in [0.3, 0.4) is 0 Å². The number of hydrogen-bond donors (Lipinski definition) is 3. The molecule has 5 heteroatoms. The average molecular weight is 378 g/mol. The van der Waals surface area contributed by atoms with E-state index in [1.54, 1.807) is 12.0 Å². The Labute approximate surface area is 165 Å². The summed E-state index contributed by atoms with van der Waals surface area (Å²) < 4.78 is 5.29. The highest BCUT2D eigenvalue weighted by Gasteiger charge is 2.27. The lowest BCUT2D eigenvalue weighted by molar-refractivity contribution is -0.918. The minimum atomic E-state index is 0.0712. The maximum absolute atomic E-state index is 12.7. The number of carbonyl (C=O) groups is 1. The third kappa shape index (κ3) is 4.04. The molecule has 1 saturated heterocycles. The minimum Gasteiger partial charge on any atom is -0.497 e. The van der Waals surface area contributed by atoms with Gasteiger partial charge in [0.15, 0.2) is 0 Å². The van der Waals surface area contributed by atoms with Crippen molar-refractivity contribution in [3.8, 4) is 5.75 Å². The Kier molecular flexibility index (Phi) is 5.63. The molecule has 0 spiro atoms. The van der Waals surface area contributed by atoms with E-state index in [1.807, 2.05) is 36.5 Å². The summed E-state index contributed by atoms with van der Waals surface area (Å²) in [5.74, 6) is 0.934. The summed E-state index contributed by atoms with van der Waals surface area (Å²) in [7, 11) is 1.68. The van der Waals surface area contributed by atoms with E-state index >= 15 is 0 Å². The molecule has 2 aromatic carbocycles. The van der Waals surface area contributed by atoms with Crippen molar-refractivity contribution in [2.24, 2.45) is 0 Å². The fourth-order valence-corrected chi connectivity index (χ4v) is 4.24. The third-order valence-corrected chi connectivity index (χ3v) is 5.79. The maximum Gasteiger partial charge on any atom is 0.224 e. The first-order chi connectivity index (χ1) is 13.7. The van der Waals surface area contributed by atoms with E-state index in [0.29, 0.717) is 13.0 Å². The van der Waals surface area contributed by atoms with E-state index in [-0.39, 0.29) is 11.9 Å². The third-order valence-electron chi connectivity index (χ3n) is 5.79. The molecule has 0 bridgehead atoms. The van der Waals surface area contributed by atoms with Crippen molar-refractivity contribution in [1.82, 2.24) is 10.3 Å². The molecule has 2 heterocycles. The summed E-state index contributed by atoms with van der Waals surface area (Å²) in [6.07, 6.45) is 4.85. The van der Waals surface area contributed by atoms with Crippen molar-refractivity contribution in [3.63, 3.8) is 0 Å². The zero-order valence-electron chi connectivity index (χ0n) is 16.3. The Hall–Kier alpha value is -2.79. The standard InChI is InChI=1S/C23H27N3O2/c1-28-19-10-8-17(9-11-19)22(26-12-4-5-13-26)16-25-23(27)14-18-15-24-21-7-3-2-6-20(18)21/h2-3,6-11,15,22,24H,4-5,12-14,16H2,1H3,(H,25,27)/p+1/t22-/m1/s1. The highest BCUT2D eigenvalue weighted by Crippen LogP contribution is 2.19. The zero-order valence-corrected chi connectivity index (χ0v) is 16.3. The number of aromatic nitrogens is 1. The Bertz CT molecular complexity index is 926. The zero-order chi connectivity index (χ0) is 19.3. The van der Waals surface area contributed by atoms with Gasteiger partial charge in [-0.3, -0.25) is 4.79 Å². The van der Waals surface area contributed by atoms with Gasteiger partial charge in [0, 0.05) is 35.5 Å². The quantitative estimate of drug-likeness (QED) is 0.591. The molecule has 1 aromatic heterocycles. The summed E-state index contributed by atoms with van der Waals surface area (Å²) in [6, 6.07) is 16.6. The van der Waals surface area contributed by atoms with Gasteiger partial charge in [0.25, 0.3) is 0 Å². The lowest BCUT2D eigenvalue weighted by Crippen LogP contribution is -3.11. The van der Waals surface area contributed by atoms with E-state index in [1.165, 1.54) is 18.4 Å². The van der Waals surface area contributed by atoms with Gasteiger partial charge in [-0.1, -0.05) is 18.2 Å². The molecule has 1 amide bonds. The molecule has 0 radical (unpaired) electrons. The number of nitrogens with one attached hydrogen (secondary N) is 3. The van der Waals surface area contributed by atoms with Crippen molar-refractivity contribution in [3.05, 3.63) is 65.9 Å². The number of fused-ring (bicyclic) bond motifs is 1. The molecule has 3 N–H and O–H groups in total. The van der Waals surface area contributed by atoms with Gasteiger partial charge in [-0.15, -0.1) is 0 Å². The summed E-state index contributed by atoms with van der Waals surface area (Å²) in [5.41, 5.74) is 3.37. The largest absolute Gasteiger partial charge is 0.497 e. The SMILES string of the molecule is COc1ccc([C@@H](CNC(=O)Cc2c[nH]c3ccccc23)[NH+]2CCCC2)cc1. The summed E-state index contributed by atoms with van der Waals surface area (Å²) in [6.45, 7) is 2.98. The lowest BCUT2D eigenvalue weighted by atomic mass is 10.0. The summed E-state index contributed by atoms with van der Waals surface area (Å²) in [4.78, 5) is 17.4. The van der Waals surface area contributed by atoms with Crippen LogP contribution < -0.4 is 15.0 Å². The number of rotatable bonds is 7. The van der Waals surface area contributed by atoms with Crippen molar-refractivity contribution in [2.45, 2.75) is 25.3 Å². The van der Waals surface area contributed by atoms with Gasteiger partial charge in [-0.25, -0.2) is 0 Å². The number of quaternary nitrogens is 1. The first-order valence-electron chi connectivity index (χ1n) is 10.0. The van der Waals surface area contributed by atoms with Crippen LogP contribution in [0.25, 0.3) is 10.9 Å². The van der Waals surface area contributed by atoms with Crippen molar-refractivity contribution < 1.29 is 14.4 Å². The normalized spacial score (nSPS) is 15.6. The molecule has 4 rings (SSSR count). The fraction of sp³-hybridized carbons (Fsp3) is 0.348. The number of para-hydroxylation sites is 1. The smallest absolute Gasteiger partial charge is 0.224 e. The monoisotopic (exact) mass is 378 g/mol. The van der Waals surface area contributed by atoms with Gasteiger partial charge in [-0.05, 0) is 35.9 Å². The topological polar surface area (TPSA) is 58.6 Å². The summed E-state index contributed by atoms with van der Waals surface area (Å²) >= 11 is 0. The number of methoxy groups -OCH3 is 1. The molecule has 1 aliphatic rings. The first-order valence-corrected chi connectivity index (χ1v) is 10.0. The Balaban J connectivity index is 1.43. The maximum atomic E-state index is 12.7. The van der Waals surface area contributed by atoms with E-state index in [0.717, 1.165) is 35.3 Å². The average Bonchev–Trinajstić information content (AvgIpc) is 3.40. The second-order valence-corrected chi connectivity index (χ2v) is 7.53. The van der Waals surface area contributed by atoms with Gasteiger partial charge in [-0.2, -0.15) is 0 Å². The summed E-state index contributed by atoms with van der Waals surface area (Å²) in [5, 5.41) is 4.30. The second kappa shape index (κ2) is 8.48. The molecule has 1 aliphatic heterocycles. The van der Waals surface area contributed by atoms with Crippen LogP contribution in [-0.4, -0.2) is 37.6 Å². The fourth-order valence-electron chi connectivity index (χ4n) is 4.24. The van der Waals surface area contributed by atoms with Crippen LogP contribution in [-0.2, 0) is 11.2 Å². The molecule has 28 heavy (non-hydrogen) atoms. The molecule has 0 unspecified atom stereocenters. The predicted molar refractivity (Wildman–Crippen MR) is 111 cm³/mol. The van der Waals surface area contributed by atoms with Crippen LogP contribution in [0.5, 0.6) is 5.75 Å². The number of ether oxygens (including phenoxy) is 1. The van der Waals surface area contributed by atoms with E-state index < -0.39 is 0 Å². The number of aromatic amines is 1. The number of H-pyrrole nitrogens is 1. The number of amides is 1. The van der Waals surface area contributed by atoms with Crippen LogP contribution in [0.1, 0.15) is 30.0 Å². The van der Waals surface area contributed by atoms with Crippen molar-refractivity contribution in [2.75, 3.05) is 26.7 Å². The molecular formula is C23H28N3O2+. The highest BCUT2D eigenvalue weighted by molar-refractivity contribution is 5.88. The molecule has 5 nitrogen and oxygen atoms in total. The van der Waals surface area contributed by atoms with Crippen molar-refractivity contribution >= 4 is 16.8 Å². The predicted octanol–water partition coefficient (Wildman–Crippen LogP) is 2.26. The van der Waals surface area contributed by atoms with Crippen LogP contribution in [0, 0.1) is 0 Å². The Morgan fingerprint density at radius 1 is 1.14 bits per heavy atom. The van der Waals surface area contributed by atoms with E-state index in [4.69, 9.17) is 4.74 Å². The van der Waals surface area contributed by atoms with Gasteiger partial charge < -0.3 is 19.9 Å². The molecule has 146 valence electrons. The molecule has 0 saturated carbocycles. The number of benzene rings is 2. The van der Waals surface area contributed by atoms with Crippen molar-refractivity contribution in [1.29, 1.82) is 0 Å². The Morgan fingerprint density at radius 2 is 1.89 bits per heavy atom. The highest BCUT2D eigenvalue weighted by atomic mass is 16.5. The van der Waals surface area contributed by atoms with E-state index in [9.17, 15) is 4.79 Å². The van der Waals surface area contributed by atoms with Crippen LogP contribution in [0.2, 0.25) is 0 Å². The second-order valence-electron chi connectivity index (χ2n) is 7.53. The number of carbonyl (C=O) groups excluding carboxylic acids is 1. The lowest BCUT2D eigenvalue weighted by Gasteiger charge is -2.25. The van der Waals surface area contributed by atoms with Crippen LogP contribution in [0.15, 0.2) is 54.7 Å². The van der Waals surface area contributed by atoms with Crippen LogP contribution in [0.4, 0.5) is 0 Å². The molecule has 1 fully saturated rings. The molecule has 3 aromatic rings. The van der Waals surface area contributed by atoms with Gasteiger partial charge in [0.1, 0.15) is 11.8 Å². The van der Waals surface area contributed by atoms with Gasteiger partial charge >= 0.3 is 0 Å². The molecular weight excluding hydrogens is 350 g/mol. The first kappa shape index (κ1) is 18.6. The number of hydrogen-bond acceptors (Lipinski definition) is 2. The minimum absolute atomic E-state index is 0.0712. The van der Waals surface area contributed by atoms with Crippen LogP contribution >= 0.6 is 0 Å². The van der Waals surface area contributed by atoms with Gasteiger partial charge in [0.2, 0.25) is 5.91 Å². The van der Waals surface area contributed by atoms with E-state index in [2.05, 4.69) is 28.5 Å².